The van der Waals surface area contributed by atoms with Crippen LogP contribution in [0.1, 0.15) is 55.7 Å². The Morgan fingerprint density at radius 1 is 0.978 bits per heavy atom. The number of imide groups is 1. The summed E-state index contributed by atoms with van der Waals surface area (Å²) < 4.78 is 93.1. The van der Waals surface area contributed by atoms with Crippen molar-refractivity contribution in [2.75, 3.05) is 25.2 Å². The second-order valence-electron chi connectivity index (χ2n) is 11.7. The Morgan fingerprint density at radius 2 is 1.62 bits per heavy atom. The Morgan fingerprint density at radius 3 is 2.20 bits per heavy atom. The van der Waals surface area contributed by atoms with E-state index in [1.165, 1.54) is 7.11 Å². The van der Waals surface area contributed by atoms with Crippen molar-refractivity contribution in [1.82, 2.24) is 0 Å². The number of amides is 2. The van der Waals surface area contributed by atoms with Crippen molar-refractivity contribution in [3.63, 3.8) is 0 Å². The van der Waals surface area contributed by atoms with E-state index in [2.05, 4.69) is 13.0 Å². The molecule has 1 N–H and O–H groups in total. The zero-order chi connectivity index (χ0) is 32.7. The molecule has 0 radical (unpaired) electrons. The molecule has 4 atom stereocenters. The minimum absolute atomic E-state index is 0.0315. The highest BCUT2D eigenvalue weighted by Gasteiger charge is 2.57. The third-order valence-corrected chi connectivity index (χ3v) is 8.72. The van der Waals surface area contributed by atoms with Crippen molar-refractivity contribution in [3.05, 3.63) is 75.9 Å². The average Bonchev–Trinajstić information content (AvgIpc) is 3.50. The van der Waals surface area contributed by atoms with E-state index >= 15 is 0 Å². The lowest BCUT2D eigenvalue weighted by Crippen LogP contribution is -2.35. The number of hydrogen-bond acceptors (Lipinski definition) is 5. The second-order valence-corrected chi connectivity index (χ2v) is 11.7. The molecule has 0 spiro atoms. The van der Waals surface area contributed by atoms with Crippen LogP contribution in [0.4, 0.5) is 32.0 Å². The van der Waals surface area contributed by atoms with Crippen LogP contribution in [-0.2, 0) is 31.4 Å². The number of carbonyl (C=O) groups excluding carboxylic acids is 2. The second kappa shape index (κ2) is 12.6. The minimum atomic E-state index is -5.13. The number of phenols is 1. The smallest absolute Gasteiger partial charge is 0.416 e. The van der Waals surface area contributed by atoms with Gasteiger partial charge in [0.1, 0.15) is 5.75 Å². The highest BCUT2D eigenvalue weighted by atomic mass is 19.4. The normalized spacial score (nSPS) is 24.0. The Kier molecular flexibility index (Phi) is 9.19. The van der Waals surface area contributed by atoms with Crippen molar-refractivity contribution < 1.29 is 50.5 Å². The SMILES string of the molecule is CCC/C(=C\c1ccc(O)cc1)CC[C@H]1OC[C@H]2C1=C(COC)C[C@H]1C(=O)N(c3cc(C(F)(F)F)cc(C(F)(F)F)c3)C(=O)[C@H]12. The molecule has 0 saturated carbocycles. The Hall–Kier alpha value is -3.64. The van der Waals surface area contributed by atoms with Crippen molar-refractivity contribution in [2.24, 2.45) is 17.8 Å². The molecule has 0 unspecified atom stereocenters. The van der Waals surface area contributed by atoms with E-state index in [-0.39, 0.29) is 31.5 Å². The number of hydrogen-bond donors (Lipinski definition) is 1. The summed E-state index contributed by atoms with van der Waals surface area (Å²) in [6.07, 6.45) is -5.57. The van der Waals surface area contributed by atoms with Gasteiger partial charge in [-0.1, -0.05) is 37.1 Å². The molecular formula is C33H33F6NO5. The highest BCUT2D eigenvalue weighted by Crippen LogP contribution is 2.51. The largest absolute Gasteiger partial charge is 0.508 e. The number of fused-ring (bicyclic) bond motifs is 3. The number of carbonyl (C=O) groups is 2. The number of phenolic OH excluding ortho intramolecular Hbond substituents is 1. The van der Waals surface area contributed by atoms with Gasteiger partial charge in [0.2, 0.25) is 11.8 Å². The molecule has 0 aromatic heterocycles. The topological polar surface area (TPSA) is 76.1 Å². The molecular weight excluding hydrogens is 604 g/mol. The number of ether oxygens (including phenoxy) is 2. The third-order valence-electron chi connectivity index (χ3n) is 8.72. The molecule has 1 aliphatic carbocycles. The number of benzene rings is 2. The van der Waals surface area contributed by atoms with Gasteiger partial charge in [-0.05, 0) is 72.7 Å². The number of allylic oxidation sites excluding steroid dienone is 1. The Labute approximate surface area is 256 Å². The van der Waals surface area contributed by atoms with Crippen molar-refractivity contribution in [1.29, 1.82) is 0 Å². The lowest BCUT2D eigenvalue weighted by molar-refractivity contribution is -0.143. The van der Waals surface area contributed by atoms with Gasteiger partial charge in [0.25, 0.3) is 0 Å². The first-order chi connectivity index (χ1) is 21.2. The van der Waals surface area contributed by atoms with Gasteiger partial charge in [0.05, 0.1) is 48.0 Å². The molecule has 0 bridgehead atoms. The van der Waals surface area contributed by atoms with E-state index in [1.54, 1.807) is 12.1 Å². The zero-order valence-corrected chi connectivity index (χ0v) is 24.7. The molecule has 2 saturated heterocycles. The molecule has 45 heavy (non-hydrogen) atoms. The van der Waals surface area contributed by atoms with Crippen LogP contribution in [-0.4, -0.2) is 43.3 Å². The maximum Gasteiger partial charge on any atom is 0.416 e. The maximum atomic E-state index is 13.8. The summed E-state index contributed by atoms with van der Waals surface area (Å²) in [6.45, 7) is 2.29. The Balaban J connectivity index is 1.43. The van der Waals surface area contributed by atoms with Gasteiger partial charge < -0.3 is 14.6 Å². The average molecular weight is 638 g/mol. The summed E-state index contributed by atoms with van der Waals surface area (Å²) in [6, 6.07) is 7.62. The van der Waals surface area contributed by atoms with E-state index in [1.807, 2.05) is 12.1 Å². The third kappa shape index (κ3) is 6.67. The summed E-state index contributed by atoms with van der Waals surface area (Å²) >= 11 is 0. The van der Waals surface area contributed by atoms with Crippen LogP contribution >= 0.6 is 0 Å². The molecule has 12 heteroatoms. The zero-order valence-electron chi connectivity index (χ0n) is 24.7. The van der Waals surface area contributed by atoms with E-state index in [9.17, 15) is 41.0 Å². The fourth-order valence-corrected chi connectivity index (χ4v) is 6.82. The molecule has 2 aromatic rings. The number of rotatable bonds is 9. The first kappa shape index (κ1) is 32.7. The molecule has 2 amide bonds. The van der Waals surface area contributed by atoms with Crippen molar-refractivity contribution >= 4 is 23.6 Å². The minimum Gasteiger partial charge on any atom is -0.508 e. The van der Waals surface area contributed by atoms with E-state index in [4.69, 9.17) is 9.47 Å². The quantitative estimate of drug-likeness (QED) is 0.175. The summed E-state index contributed by atoms with van der Waals surface area (Å²) in [5.41, 5.74) is -0.296. The Bertz CT molecular complexity index is 1480. The van der Waals surface area contributed by atoms with Gasteiger partial charge in [-0.3, -0.25) is 9.59 Å². The molecule has 2 fully saturated rings. The van der Waals surface area contributed by atoms with E-state index < -0.39 is 64.8 Å². The van der Waals surface area contributed by atoms with Crippen molar-refractivity contribution in [3.8, 4) is 5.75 Å². The molecule has 2 aliphatic heterocycles. The van der Waals surface area contributed by atoms with Gasteiger partial charge in [-0.2, -0.15) is 26.3 Å². The van der Waals surface area contributed by atoms with E-state index in [0.717, 1.165) is 35.1 Å². The predicted octanol–water partition coefficient (Wildman–Crippen LogP) is 7.56. The number of anilines is 1. The lowest BCUT2D eigenvalue weighted by Gasteiger charge is -2.31. The fourth-order valence-electron chi connectivity index (χ4n) is 6.82. The van der Waals surface area contributed by atoms with Gasteiger partial charge in [0, 0.05) is 13.0 Å². The summed E-state index contributed by atoms with van der Waals surface area (Å²) in [7, 11) is 1.48. The number of aromatic hydroxyl groups is 1. The maximum absolute atomic E-state index is 13.8. The summed E-state index contributed by atoms with van der Waals surface area (Å²) in [5.74, 6) is -4.02. The fraction of sp³-hybridized carbons (Fsp3) is 0.455. The first-order valence-electron chi connectivity index (χ1n) is 14.7. The van der Waals surface area contributed by atoms with Gasteiger partial charge in [-0.25, -0.2) is 4.90 Å². The number of nitrogens with zero attached hydrogens (tertiary/aromatic N) is 1. The first-order valence-corrected chi connectivity index (χ1v) is 14.7. The molecule has 6 nitrogen and oxygen atoms in total. The molecule has 5 rings (SSSR count). The van der Waals surface area contributed by atoms with Gasteiger partial charge >= 0.3 is 12.4 Å². The molecule has 2 aromatic carbocycles. The molecule has 242 valence electrons. The van der Waals surface area contributed by atoms with Crippen molar-refractivity contribution in [2.45, 2.75) is 57.5 Å². The number of halogens is 6. The van der Waals surface area contributed by atoms with E-state index in [0.29, 0.717) is 29.9 Å². The summed E-state index contributed by atoms with van der Waals surface area (Å²) in [4.78, 5) is 27.8. The summed E-state index contributed by atoms with van der Waals surface area (Å²) in [5, 5.41) is 9.60. The van der Waals surface area contributed by atoms with Crippen LogP contribution in [0, 0.1) is 17.8 Å². The molecule has 2 heterocycles. The van der Waals surface area contributed by atoms with Crippen LogP contribution < -0.4 is 4.90 Å². The van der Waals surface area contributed by atoms with Crippen LogP contribution in [0.2, 0.25) is 0 Å². The lowest BCUT2D eigenvalue weighted by atomic mass is 9.69. The number of methoxy groups -OCH3 is 1. The van der Waals surface area contributed by atoms with Gasteiger partial charge in [-0.15, -0.1) is 0 Å². The van der Waals surface area contributed by atoms with Crippen LogP contribution in [0.3, 0.4) is 0 Å². The monoisotopic (exact) mass is 637 g/mol. The highest BCUT2D eigenvalue weighted by molar-refractivity contribution is 6.22. The molecule has 3 aliphatic rings. The predicted molar refractivity (Wildman–Crippen MR) is 153 cm³/mol. The van der Waals surface area contributed by atoms with Gasteiger partial charge in [0.15, 0.2) is 0 Å². The van der Waals surface area contributed by atoms with Crippen LogP contribution in [0.15, 0.2) is 59.2 Å². The van der Waals surface area contributed by atoms with Crippen LogP contribution in [0.5, 0.6) is 5.75 Å². The number of alkyl halides is 6. The van der Waals surface area contributed by atoms with Crippen LogP contribution in [0.25, 0.3) is 6.08 Å². The standard InChI is InChI=1S/C33H33F6NO5/c1-3-4-18(11-19-5-8-24(41)9-6-19)7-10-27-28-20(16-44-2)12-25-29(26(28)17-45-27)31(43)40(30(25)42)23-14-21(32(34,35)36)13-22(15-23)33(37,38)39/h5-6,8-9,11,13-15,25-27,29,41H,3-4,7,10,12,16-17H2,1-2H3/b18-11+/t25-,26+,27-,29-/m1/s1.